The Morgan fingerprint density at radius 2 is 1.78 bits per heavy atom. The molecule has 4 rings (SSSR count). The fraction of sp³-hybridized carbons (Fsp3) is 0.480. The molecule has 0 aromatic heterocycles. The molecule has 0 atom stereocenters. The molecule has 1 saturated carbocycles. The van der Waals surface area contributed by atoms with Crippen LogP contribution in [0.4, 0.5) is 30.2 Å². The average Bonchev–Trinajstić information content (AvgIpc) is 2.87. The Kier molecular flexibility index (Phi) is 8.43. The van der Waals surface area contributed by atoms with E-state index >= 15 is 0 Å². The summed E-state index contributed by atoms with van der Waals surface area (Å²) in [5.74, 6) is -0.0587. The maximum atomic E-state index is 13.2. The van der Waals surface area contributed by atoms with Gasteiger partial charge in [-0.15, -0.1) is 0 Å². The topological polar surface area (TPSA) is 87.9 Å². The Bertz CT molecular complexity index is 1120. The molecule has 1 amide bonds. The van der Waals surface area contributed by atoms with E-state index in [2.05, 4.69) is 10.2 Å². The van der Waals surface area contributed by atoms with Gasteiger partial charge >= 0.3 is 6.18 Å². The molecule has 0 unspecified atom stereocenters. The highest BCUT2D eigenvalue weighted by atomic mass is 35.5. The predicted octanol–water partition coefficient (Wildman–Crippen LogP) is 5.36. The van der Waals surface area contributed by atoms with Crippen LogP contribution in [0.5, 0.6) is 0 Å². The van der Waals surface area contributed by atoms with Crippen molar-refractivity contribution in [3.63, 3.8) is 0 Å². The number of rotatable bonds is 7. The molecule has 8 nitrogen and oxygen atoms in total. The predicted molar refractivity (Wildman–Crippen MR) is 134 cm³/mol. The van der Waals surface area contributed by atoms with Gasteiger partial charge in [-0.1, -0.05) is 17.7 Å². The van der Waals surface area contributed by atoms with Crippen LogP contribution in [0.15, 0.2) is 42.5 Å². The summed E-state index contributed by atoms with van der Waals surface area (Å²) in [6.45, 7) is 2.61. The van der Waals surface area contributed by atoms with Crippen molar-refractivity contribution >= 4 is 34.6 Å². The fourth-order valence-electron chi connectivity index (χ4n) is 4.79. The van der Waals surface area contributed by atoms with E-state index in [1.807, 2.05) is 24.3 Å². The molecule has 2 aliphatic rings. The minimum Gasteiger partial charge on any atom is -0.382 e. The lowest BCUT2D eigenvalue weighted by molar-refractivity contribution is -0.388. The molecule has 200 valence electrons. The second-order valence-electron chi connectivity index (χ2n) is 9.26. The van der Waals surface area contributed by atoms with Crippen molar-refractivity contribution in [2.24, 2.45) is 0 Å². The number of alkyl halides is 3. The summed E-state index contributed by atoms with van der Waals surface area (Å²) in [5.41, 5.74) is -1.02. The molecule has 1 heterocycles. The van der Waals surface area contributed by atoms with Gasteiger partial charge in [0.15, 0.2) is 0 Å². The van der Waals surface area contributed by atoms with Crippen molar-refractivity contribution in [1.82, 2.24) is 4.90 Å². The van der Waals surface area contributed by atoms with Gasteiger partial charge in [0.1, 0.15) is 12.2 Å². The van der Waals surface area contributed by atoms with Crippen molar-refractivity contribution < 1.29 is 27.6 Å². The molecule has 1 saturated heterocycles. The van der Waals surface area contributed by atoms with E-state index in [1.54, 1.807) is 4.90 Å². The van der Waals surface area contributed by atoms with Gasteiger partial charge in [0, 0.05) is 54.7 Å². The van der Waals surface area contributed by atoms with Gasteiger partial charge in [-0.2, -0.15) is 13.2 Å². The van der Waals surface area contributed by atoms with E-state index in [4.69, 9.17) is 16.3 Å². The van der Waals surface area contributed by atoms with Gasteiger partial charge in [0.05, 0.1) is 11.0 Å². The first-order valence-electron chi connectivity index (χ1n) is 12.1. The van der Waals surface area contributed by atoms with Crippen molar-refractivity contribution in [1.29, 1.82) is 0 Å². The molecule has 0 spiro atoms. The third-order valence-electron chi connectivity index (χ3n) is 6.79. The quantitative estimate of drug-likeness (QED) is 0.376. The SMILES string of the molecule is O=C(COC1CCC(Nc2ccc([N+](=O)[O-])c(C(F)(F)F)c2)CC1)N1CCN(c2cccc(Cl)c2)CC1. The van der Waals surface area contributed by atoms with Crippen LogP contribution in [0.1, 0.15) is 31.2 Å². The first kappa shape index (κ1) is 27.0. The Balaban J connectivity index is 1.20. The largest absolute Gasteiger partial charge is 0.423 e. The second kappa shape index (κ2) is 11.6. The van der Waals surface area contributed by atoms with Gasteiger partial charge in [0.2, 0.25) is 5.91 Å². The molecule has 2 fully saturated rings. The number of nitro benzene ring substituents is 1. The van der Waals surface area contributed by atoms with E-state index in [0.29, 0.717) is 56.9 Å². The van der Waals surface area contributed by atoms with E-state index in [-0.39, 0.29) is 30.3 Å². The van der Waals surface area contributed by atoms with Gasteiger partial charge in [-0.3, -0.25) is 14.9 Å². The molecule has 1 N–H and O–H groups in total. The number of benzene rings is 2. The number of halogens is 4. The number of nitrogens with zero attached hydrogens (tertiary/aromatic N) is 3. The molecule has 37 heavy (non-hydrogen) atoms. The molecule has 1 aliphatic heterocycles. The van der Waals surface area contributed by atoms with Crippen molar-refractivity contribution in [3.8, 4) is 0 Å². The molecular weight excluding hydrogens is 513 g/mol. The number of nitrogens with one attached hydrogen (secondary N) is 1. The number of hydrogen-bond acceptors (Lipinski definition) is 6. The summed E-state index contributed by atoms with van der Waals surface area (Å²) >= 11 is 6.07. The van der Waals surface area contributed by atoms with Crippen LogP contribution < -0.4 is 10.2 Å². The molecular formula is C25H28ClF3N4O4. The van der Waals surface area contributed by atoms with Gasteiger partial charge < -0.3 is 19.9 Å². The third kappa shape index (κ3) is 7.04. The zero-order chi connectivity index (χ0) is 26.6. The summed E-state index contributed by atoms with van der Waals surface area (Å²) < 4.78 is 45.5. The molecule has 1 aliphatic carbocycles. The number of ether oxygens (including phenoxy) is 1. The number of carbonyl (C=O) groups is 1. The van der Waals surface area contributed by atoms with Crippen molar-refractivity contribution in [2.75, 3.05) is 43.0 Å². The zero-order valence-corrected chi connectivity index (χ0v) is 20.8. The van der Waals surface area contributed by atoms with Crippen LogP contribution in [-0.4, -0.2) is 60.7 Å². The first-order valence-corrected chi connectivity index (χ1v) is 12.5. The molecule has 2 aromatic rings. The van der Waals surface area contributed by atoms with Gasteiger partial charge in [0.25, 0.3) is 5.69 Å². The van der Waals surface area contributed by atoms with Crippen molar-refractivity contribution in [2.45, 2.75) is 44.0 Å². The first-order chi connectivity index (χ1) is 17.6. The number of piperazine rings is 1. The van der Waals surface area contributed by atoms with Crippen LogP contribution >= 0.6 is 11.6 Å². The van der Waals surface area contributed by atoms with Gasteiger partial charge in [-0.25, -0.2) is 0 Å². The average molecular weight is 541 g/mol. The Morgan fingerprint density at radius 3 is 2.41 bits per heavy atom. The zero-order valence-electron chi connectivity index (χ0n) is 20.0. The minimum absolute atomic E-state index is 0.00276. The highest BCUT2D eigenvalue weighted by molar-refractivity contribution is 6.30. The third-order valence-corrected chi connectivity index (χ3v) is 7.03. The summed E-state index contributed by atoms with van der Waals surface area (Å²) in [6.07, 6.45) is -2.30. The van der Waals surface area contributed by atoms with Crippen LogP contribution in [-0.2, 0) is 15.7 Å². The molecule has 2 aromatic carbocycles. The van der Waals surface area contributed by atoms with Crippen molar-refractivity contribution in [3.05, 3.63) is 63.2 Å². The minimum atomic E-state index is -4.82. The highest BCUT2D eigenvalue weighted by Crippen LogP contribution is 2.38. The smallest absolute Gasteiger partial charge is 0.382 e. The number of amides is 1. The lowest BCUT2D eigenvalue weighted by Gasteiger charge is -2.36. The maximum Gasteiger partial charge on any atom is 0.423 e. The maximum absolute atomic E-state index is 13.2. The standard InChI is InChI=1S/C25H28ClF3N4O4/c26-17-2-1-3-20(14-17)31-10-12-32(13-11-31)24(34)16-37-21-7-4-18(5-8-21)30-19-6-9-23(33(35)36)22(15-19)25(27,28)29/h1-3,6,9,14-15,18,21,30H,4-5,7-8,10-13,16H2. The number of carbonyl (C=O) groups excluding carboxylic acids is 1. The summed E-state index contributed by atoms with van der Waals surface area (Å²) in [6, 6.07) is 10.5. The number of nitro groups is 1. The van der Waals surface area contributed by atoms with E-state index in [1.165, 1.54) is 6.07 Å². The Labute approximate surface area is 217 Å². The molecule has 0 bridgehead atoms. The lowest BCUT2D eigenvalue weighted by atomic mass is 9.92. The normalized spacial score (nSPS) is 20.5. The lowest BCUT2D eigenvalue weighted by Crippen LogP contribution is -2.50. The van der Waals surface area contributed by atoms with Crippen LogP contribution in [0.25, 0.3) is 0 Å². The van der Waals surface area contributed by atoms with Crippen LogP contribution in [0, 0.1) is 10.1 Å². The van der Waals surface area contributed by atoms with E-state index in [0.717, 1.165) is 17.8 Å². The summed E-state index contributed by atoms with van der Waals surface area (Å²) in [5, 5.41) is 14.7. The Hall–Kier alpha value is -3.05. The monoisotopic (exact) mass is 540 g/mol. The number of anilines is 2. The highest BCUT2D eigenvalue weighted by Gasteiger charge is 2.38. The second-order valence-corrected chi connectivity index (χ2v) is 9.70. The fourth-order valence-corrected chi connectivity index (χ4v) is 4.97. The molecule has 12 heteroatoms. The van der Waals surface area contributed by atoms with Gasteiger partial charge in [-0.05, 0) is 56.0 Å². The Morgan fingerprint density at radius 1 is 1.08 bits per heavy atom. The summed E-state index contributed by atoms with van der Waals surface area (Å²) in [7, 11) is 0. The van der Waals surface area contributed by atoms with E-state index < -0.39 is 22.4 Å². The number of hydrogen-bond donors (Lipinski definition) is 1. The van der Waals surface area contributed by atoms with Crippen LogP contribution in [0.3, 0.4) is 0 Å². The molecule has 0 radical (unpaired) electrons. The van der Waals surface area contributed by atoms with E-state index in [9.17, 15) is 28.1 Å². The summed E-state index contributed by atoms with van der Waals surface area (Å²) in [4.78, 5) is 26.5. The van der Waals surface area contributed by atoms with Crippen LogP contribution in [0.2, 0.25) is 5.02 Å².